The number of fused-ring (bicyclic) bond motifs is 1. The molecule has 4 aliphatic rings. The van der Waals surface area contributed by atoms with Crippen LogP contribution in [0.25, 0.3) is 0 Å². The van der Waals surface area contributed by atoms with Crippen LogP contribution in [0.3, 0.4) is 0 Å². The van der Waals surface area contributed by atoms with Crippen molar-refractivity contribution in [2.24, 2.45) is 22.7 Å². The number of hydrogen-bond acceptors (Lipinski definition) is 9. The summed E-state index contributed by atoms with van der Waals surface area (Å²) < 4.78 is 16.5. The number of hydrogen-bond donors (Lipinski definition) is 5. The van der Waals surface area contributed by atoms with Crippen molar-refractivity contribution < 1.29 is 44.5 Å². The summed E-state index contributed by atoms with van der Waals surface area (Å²) in [7, 11) is 0. The minimum Gasteiger partial charge on any atom is -0.458 e. The number of cyclic esters (lactones) is 1. The third-order valence-electron chi connectivity index (χ3n) is 8.84. The van der Waals surface area contributed by atoms with Gasteiger partial charge in [0, 0.05) is 11.3 Å². The molecule has 0 aromatic heterocycles. The van der Waals surface area contributed by atoms with Crippen LogP contribution in [0.1, 0.15) is 39.5 Å². The van der Waals surface area contributed by atoms with Gasteiger partial charge in [-0.1, -0.05) is 38.2 Å². The Hall–Kier alpha value is -1.59. The van der Waals surface area contributed by atoms with Crippen LogP contribution in [-0.4, -0.2) is 88.1 Å². The summed E-state index contributed by atoms with van der Waals surface area (Å²) in [5.41, 5.74) is 0.680. The zero-order valence-corrected chi connectivity index (χ0v) is 20.4. The average Bonchev–Trinajstić information content (AvgIpc) is 3.24. The summed E-state index contributed by atoms with van der Waals surface area (Å²) in [6.07, 6.45) is 1.03. The number of ether oxygens (including phenoxy) is 3. The zero-order valence-electron chi connectivity index (χ0n) is 20.4. The third-order valence-corrected chi connectivity index (χ3v) is 8.84. The van der Waals surface area contributed by atoms with Gasteiger partial charge in [0.1, 0.15) is 31.0 Å². The van der Waals surface area contributed by atoms with E-state index in [2.05, 4.69) is 13.5 Å². The molecule has 10 atom stereocenters. The van der Waals surface area contributed by atoms with E-state index in [4.69, 9.17) is 14.2 Å². The van der Waals surface area contributed by atoms with Crippen LogP contribution in [0, 0.1) is 22.7 Å². The molecule has 0 amide bonds. The Bertz CT molecular complexity index is 882. The van der Waals surface area contributed by atoms with Gasteiger partial charge < -0.3 is 39.7 Å². The number of aliphatic hydroxyl groups excluding tert-OH is 5. The maximum absolute atomic E-state index is 11.9. The predicted molar refractivity (Wildman–Crippen MR) is 125 cm³/mol. The molecule has 9 heteroatoms. The van der Waals surface area contributed by atoms with Gasteiger partial charge in [-0.3, -0.25) is 0 Å². The number of allylic oxidation sites excluding steroid dienone is 2. The Morgan fingerprint density at radius 3 is 2.57 bits per heavy atom. The lowest BCUT2D eigenvalue weighted by molar-refractivity contribution is -0.312. The second kappa shape index (κ2) is 10.0. The topological polar surface area (TPSA) is 146 Å². The van der Waals surface area contributed by atoms with Crippen LogP contribution in [0.4, 0.5) is 0 Å². The molecule has 0 bridgehead atoms. The highest BCUT2D eigenvalue weighted by Crippen LogP contribution is 2.61. The summed E-state index contributed by atoms with van der Waals surface area (Å²) in [5, 5.41) is 51.1. The van der Waals surface area contributed by atoms with Gasteiger partial charge in [-0.2, -0.15) is 0 Å². The van der Waals surface area contributed by atoms with Gasteiger partial charge in [-0.15, -0.1) is 0 Å². The van der Waals surface area contributed by atoms with Crippen LogP contribution in [0.15, 0.2) is 36.0 Å². The van der Waals surface area contributed by atoms with Crippen molar-refractivity contribution in [3.63, 3.8) is 0 Å². The van der Waals surface area contributed by atoms with Gasteiger partial charge in [0.2, 0.25) is 0 Å². The van der Waals surface area contributed by atoms with E-state index in [1.54, 1.807) is 6.08 Å². The van der Waals surface area contributed by atoms with Gasteiger partial charge in [0.25, 0.3) is 0 Å². The summed E-state index contributed by atoms with van der Waals surface area (Å²) >= 11 is 0. The Kier molecular flexibility index (Phi) is 7.60. The van der Waals surface area contributed by atoms with E-state index in [-0.39, 0.29) is 36.4 Å². The van der Waals surface area contributed by atoms with Gasteiger partial charge in [0.05, 0.1) is 24.9 Å². The summed E-state index contributed by atoms with van der Waals surface area (Å²) in [6, 6.07) is 0. The van der Waals surface area contributed by atoms with E-state index in [1.807, 2.05) is 19.1 Å². The minimum absolute atomic E-state index is 0.00497. The number of esters is 1. The van der Waals surface area contributed by atoms with Crippen LogP contribution < -0.4 is 0 Å². The molecular weight excluding hydrogens is 456 g/mol. The van der Waals surface area contributed by atoms with Gasteiger partial charge in [-0.05, 0) is 43.1 Å². The van der Waals surface area contributed by atoms with E-state index in [0.717, 1.165) is 24.8 Å². The standard InChI is InChI=1S/C26H38O9/c1-14-4-7-18-25(2,16(14)6-5-15-9-11-33-23(15)32)10-8-19(28)26(18,3)13-34-24-22(31)21(30)20(29)17(12-27)35-24/h5-6,9,16-22,24,27-31H,1,4,7-8,10-13H2,2-3H3/b6-5+/t16-,17-,18+,19-,20-,21+,22-,24-,25+,26+/m1/s1. The van der Waals surface area contributed by atoms with Crippen LogP contribution in [0.5, 0.6) is 0 Å². The first-order valence-electron chi connectivity index (χ1n) is 12.4. The highest BCUT2D eigenvalue weighted by molar-refractivity contribution is 5.93. The monoisotopic (exact) mass is 494 g/mol. The quantitative estimate of drug-likeness (QED) is 0.264. The van der Waals surface area contributed by atoms with Gasteiger partial charge >= 0.3 is 5.97 Å². The molecule has 0 aromatic carbocycles. The fraction of sp³-hybridized carbons (Fsp3) is 0.731. The molecular formula is C26H38O9. The number of rotatable bonds is 6. The number of carbonyl (C=O) groups is 1. The smallest absolute Gasteiger partial charge is 0.338 e. The van der Waals surface area contributed by atoms with E-state index in [1.165, 1.54) is 0 Å². The molecule has 2 heterocycles. The molecule has 2 aliphatic heterocycles. The summed E-state index contributed by atoms with van der Waals surface area (Å²) in [6.45, 7) is 8.27. The van der Waals surface area contributed by atoms with Crippen LogP contribution in [-0.2, 0) is 19.0 Å². The largest absolute Gasteiger partial charge is 0.458 e. The zero-order chi connectivity index (χ0) is 25.5. The first kappa shape index (κ1) is 26.5. The third kappa shape index (κ3) is 4.64. The maximum atomic E-state index is 11.9. The molecule has 35 heavy (non-hydrogen) atoms. The Balaban J connectivity index is 1.54. The molecule has 0 aromatic rings. The lowest BCUT2D eigenvalue weighted by Crippen LogP contribution is -2.61. The molecule has 2 saturated carbocycles. The van der Waals surface area contributed by atoms with Crippen molar-refractivity contribution in [2.75, 3.05) is 19.8 Å². The molecule has 3 fully saturated rings. The highest BCUT2D eigenvalue weighted by atomic mass is 16.7. The normalized spacial score (nSPS) is 46.4. The molecule has 5 N–H and O–H groups in total. The molecule has 196 valence electrons. The van der Waals surface area contributed by atoms with Crippen molar-refractivity contribution in [2.45, 2.75) is 76.3 Å². The van der Waals surface area contributed by atoms with E-state index in [9.17, 15) is 30.3 Å². The van der Waals surface area contributed by atoms with E-state index < -0.39 is 48.8 Å². The fourth-order valence-corrected chi connectivity index (χ4v) is 6.65. The summed E-state index contributed by atoms with van der Waals surface area (Å²) in [5.74, 6) is -0.302. The second-order valence-electron chi connectivity index (χ2n) is 10.9. The molecule has 9 nitrogen and oxygen atoms in total. The molecule has 2 aliphatic carbocycles. The van der Waals surface area contributed by atoms with Gasteiger partial charge in [0.15, 0.2) is 6.29 Å². The first-order chi connectivity index (χ1) is 16.5. The SMILES string of the molecule is C=C1CC[C@@H]2[C@](C)(CO[C@@H]3O[C@H](CO)[C@@H](O)[C@H](O)[C@H]3O)[C@H](O)CC[C@@]2(C)[C@@H]1/C=C/C1=CCOC1=O. The fourth-order valence-electron chi connectivity index (χ4n) is 6.65. The Morgan fingerprint density at radius 1 is 1.17 bits per heavy atom. The highest BCUT2D eigenvalue weighted by Gasteiger charge is 2.58. The van der Waals surface area contributed by atoms with Crippen LogP contribution >= 0.6 is 0 Å². The average molecular weight is 495 g/mol. The van der Waals surface area contributed by atoms with Crippen molar-refractivity contribution >= 4 is 5.97 Å². The molecule has 0 radical (unpaired) electrons. The predicted octanol–water partition coefficient (Wildman–Crippen LogP) is 0.592. The summed E-state index contributed by atoms with van der Waals surface area (Å²) in [4.78, 5) is 11.9. The lowest BCUT2D eigenvalue weighted by Gasteiger charge is -2.60. The van der Waals surface area contributed by atoms with Crippen LogP contribution in [0.2, 0.25) is 0 Å². The van der Waals surface area contributed by atoms with Crippen molar-refractivity contribution in [3.05, 3.63) is 36.0 Å². The lowest BCUT2D eigenvalue weighted by atomic mass is 9.46. The Labute approximate surface area is 205 Å². The Morgan fingerprint density at radius 2 is 1.91 bits per heavy atom. The van der Waals surface area contributed by atoms with Crippen molar-refractivity contribution in [1.82, 2.24) is 0 Å². The number of aliphatic hydroxyl groups is 5. The van der Waals surface area contributed by atoms with Gasteiger partial charge in [-0.25, -0.2) is 4.79 Å². The molecule has 1 saturated heterocycles. The van der Waals surface area contributed by atoms with Crippen molar-refractivity contribution in [1.29, 1.82) is 0 Å². The van der Waals surface area contributed by atoms with E-state index in [0.29, 0.717) is 12.0 Å². The first-order valence-corrected chi connectivity index (χ1v) is 12.4. The number of carbonyl (C=O) groups excluding carboxylic acids is 1. The second-order valence-corrected chi connectivity index (χ2v) is 10.9. The molecule has 0 unspecified atom stereocenters. The molecule has 4 rings (SSSR count). The van der Waals surface area contributed by atoms with E-state index >= 15 is 0 Å². The maximum Gasteiger partial charge on any atom is 0.338 e. The van der Waals surface area contributed by atoms with Crippen molar-refractivity contribution in [3.8, 4) is 0 Å². The molecule has 0 spiro atoms. The minimum atomic E-state index is -1.52.